The van der Waals surface area contributed by atoms with Crippen LogP contribution in [-0.4, -0.2) is 44.5 Å². The zero-order valence-electron chi connectivity index (χ0n) is 20.5. The molecule has 1 aliphatic heterocycles. The van der Waals surface area contributed by atoms with E-state index in [9.17, 15) is 23.1 Å². The van der Waals surface area contributed by atoms with Crippen LogP contribution >= 0.6 is 11.6 Å². The molecule has 37 heavy (non-hydrogen) atoms. The van der Waals surface area contributed by atoms with E-state index in [4.69, 9.17) is 11.6 Å². The molecule has 0 bridgehead atoms. The van der Waals surface area contributed by atoms with E-state index in [0.29, 0.717) is 22.0 Å². The lowest BCUT2D eigenvalue weighted by Crippen LogP contribution is -2.41. The summed E-state index contributed by atoms with van der Waals surface area (Å²) in [4.78, 5) is 26.5. The second kappa shape index (κ2) is 10.9. The number of anilines is 2. The molecule has 0 aliphatic carbocycles. The summed E-state index contributed by atoms with van der Waals surface area (Å²) in [6.45, 7) is 3.56. The molecule has 1 heterocycles. The third-order valence-electron chi connectivity index (χ3n) is 6.25. The Kier molecular flexibility index (Phi) is 7.87. The standard InChI is InChI=1S/C27H28ClN3O5S/c1-18-6-12-23(13-7-18)37(35,36)31(25-5-3-4-24(28)19(25)2)17-26(33)29-15-20-8-10-21(11-9-20)30-16-22(32)14-27(30)34/h3-13,22,32H,14-17H2,1-2H3,(H,29,33). The Hall–Kier alpha value is -3.40. The molecule has 1 fully saturated rings. The van der Waals surface area contributed by atoms with Gasteiger partial charge in [-0.1, -0.05) is 47.5 Å². The fourth-order valence-electron chi connectivity index (χ4n) is 4.12. The molecule has 0 radical (unpaired) electrons. The predicted octanol–water partition coefficient (Wildman–Crippen LogP) is 3.57. The predicted molar refractivity (Wildman–Crippen MR) is 143 cm³/mol. The first-order chi connectivity index (χ1) is 17.6. The molecule has 194 valence electrons. The minimum atomic E-state index is -4.06. The summed E-state index contributed by atoms with van der Waals surface area (Å²) >= 11 is 6.27. The van der Waals surface area contributed by atoms with Gasteiger partial charge < -0.3 is 15.3 Å². The Morgan fingerprint density at radius 2 is 1.76 bits per heavy atom. The first kappa shape index (κ1) is 26.7. The second-order valence-corrected chi connectivity index (χ2v) is 11.3. The van der Waals surface area contributed by atoms with Gasteiger partial charge in [0.05, 0.1) is 29.7 Å². The molecule has 0 aromatic heterocycles. The normalized spacial score (nSPS) is 15.6. The molecule has 0 saturated carbocycles. The fourth-order valence-corrected chi connectivity index (χ4v) is 5.77. The Morgan fingerprint density at radius 3 is 2.38 bits per heavy atom. The number of nitrogens with zero attached hydrogens (tertiary/aromatic N) is 2. The molecule has 3 aromatic rings. The first-order valence-electron chi connectivity index (χ1n) is 11.7. The average molecular weight is 542 g/mol. The number of β-amino-alcohol motifs (C(OH)–C–C–N with tert-alkyl or cyclic N) is 1. The Balaban J connectivity index is 1.51. The highest BCUT2D eigenvalue weighted by atomic mass is 35.5. The Morgan fingerprint density at radius 1 is 1.08 bits per heavy atom. The lowest BCUT2D eigenvalue weighted by molar-refractivity contribution is -0.120. The van der Waals surface area contributed by atoms with Gasteiger partial charge in [-0.05, 0) is 61.4 Å². The van der Waals surface area contributed by atoms with Crippen LogP contribution in [0.1, 0.15) is 23.1 Å². The number of aliphatic hydroxyl groups excluding tert-OH is 1. The van der Waals surface area contributed by atoms with Crippen molar-refractivity contribution >= 4 is 44.8 Å². The zero-order valence-corrected chi connectivity index (χ0v) is 22.1. The van der Waals surface area contributed by atoms with Crippen LogP contribution < -0.4 is 14.5 Å². The summed E-state index contributed by atoms with van der Waals surface area (Å²) in [6.07, 6.45) is -0.569. The van der Waals surface area contributed by atoms with Gasteiger partial charge in [0.25, 0.3) is 10.0 Å². The highest BCUT2D eigenvalue weighted by Crippen LogP contribution is 2.31. The number of halogens is 1. The molecule has 8 nitrogen and oxygen atoms in total. The van der Waals surface area contributed by atoms with Gasteiger partial charge in [-0.15, -0.1) is 0 Å². The lowest BCUT2D eigenvalue weighted by Gasteiger charge is -2.26. The fraction of sp³-hybridized carbons (Fsp3) is 0.259. The average Bonchev–Trinajstić information content (AvgIpc) is 3.21. The maximum absolute atomic E-state index is 13.6. The van der Waals surface area contributed by atoms with Crippen LogP contribution in [-0.2, 0) is 26.2 Å². The van der Waals surface area contributed by atoms with E-state index in [1.54, 1.807) is 61.5 Å². The molecule has 1 atom stereocenters. The van der Waals surface area contributed by atoms with Crippen molar-refractivity contribution in [2.24, 2.45) is 0 Å². The number of carbonyl (C=O) groups excluding carboxylic acids is 2. The van der Waals surface area contributed by atoms with Gasteiger partial charge in [-0.2, -0.15) is 0 Å². The second-order valence-electron chi connectivity index (χ2n) is 9.01. The highest BCUT2D eigenvalue weighted by molar-refractivity contribution is 7.92. The van der Waals surface area contributed by atoms with Gasteiger partial charge in [0.2, 0.25) is 11.8 Å². The van der Waals surface area contributed by atoms with Crippen molar-refractivity contribution in [1.82, 2.24) is 5.32 Å². The van der Waals surface area contributed by atoms with Crippen LogP contribution in [0.2, 0.25) is 5.02 Å². The van der Waals surface area contributed by atoms with Gasteiger partial charge in [0, 0.05) is 17.3 Å². The van der Waals surface area contributed by atoms with E-state index in [1.165, 1.54) is 17.0 Å². The molecular formula is C27H28ClN3O5S. The smallest absolute Gasteiger partial charge is 0.264 e. The lowest BCUT2D eigenvalue weighted by atomic mass is 10.2. The van der Waals surface area contributed by atoms with Crippen molar-refractivity contribution in [3.8, 4) is 0 Å². The van der Waals surface area contributed by atoms with Crippen molar-refractivity contribution in [3.05, 3.63) is 88.4 Å². The van der Waals surface area contributed by atoms with Crippen LogP contribution in [0.5, 0.6) is 0 Å². The Labute approximate surface area is 221 Å². The number of amides is 2. The van der Waals surface area contributed by atoms with E-state index in [0.717, 1.165) is 15.4 Å². The molecule has 2 N–H and O–H groups in total. The van der Waals surface area contributed by atoms with Crippen LogP contribution in [0.4, 0.5) is 11.4 Å². The highest BCUT2D eigenvalue weighted by Gasteiger charge is 2.30. The van der Waals surface area contributed by atoms with Crippen molar-refractivity contribution in [2.75, 3.05) is 22.3 Å². The van der Waals surface area contributed by atoms with Crippen molar-refractivity contribution in [1.29, 1.82) is 0 Å². The maximum Gasteiger partial charge on any atom is 0.264 e. The third-order valence-corrected chi connectivity index (χ3v) is 8.43. The monoisotopic (exact) mass is 541 g/mol. The molecule has 1 saturated heterocycles. The number of carbonyl (C=O) groups is 2. The van der Waals surface area contributed by atoms with Crippen LogP contribution in [0.25, 0.3) is 0 Å². The van der Waals surface area contributed by atoms with Crippen LogP contribution in [0.3, 0.4) is 0 Å². The van der Waals surface area contributed by atoms with E-state index in [-0.39, 0.29) is 30.3 Å². The topological polar surface area (TPSA) is 107 Å². The van der Waals surface area contributed by atoms with Gasteiger partial charge in [-0.25, -0.2) is 8.42 Å². The van der Waals surface area contributed by atoms with E-state index in [2.05, 4.69) is 5.32 Å². The summed E-state index contributed by atoms with van der Waals surface area (Å²) in [5.74, 6) is -0.628. The number of hydrogen-bond donors (Lipinski definition) is 2. The van der Waals surface area contributed by atoms with Crippen molar-refractivity contribution in [2.45, 2.75) is 37.8 Å². The number of aliphatic hydroxyl groups is 1. The molecule has 0 spiro atoms. The molecular weight excluding hydrogens is 514 g/mol. The number of aryl methyl sites for hydroxylation is 1. The van der Waals surface area contributed by atoms with Crippen LogP contribution in [0, 0.1) is 13.8 Å². The number of sulfonamides is 1. The summed E-state index contributed by atoms with van der Waals surface area (Å²) in [7, 11) is -4.06. The molecule has 1 unspecified atom stereocenters. The first-order valence-corrected chi connectivity index (χ1v) is 13.6. The molecule has 2 amide bonds. The van der Waals surface area contributed by atoms with Gasteiger partial charge >= 0.3 is 0 Å². The quantitative estimate of drug-likeness (QED) is 0.453. The number of nitrogens with one attached hydrogen (secondary N) is 1. The molecule has 3 aromatic carbocycles. The molecule has 4 rings (SSSR count). The molecule has 10 heteroatoms. The summed E-state index contributed by atoms with van der Waals surface area (Å²) in [6, 6.07) is 18.4. The summed E-state index contributed by atoms with van der Waals surface area (Å²) < 4.78 is 28.2. The van der Waals surface area contributed by atoms with E-state index in [1.807, 2.05) is 6.92 Å². The number of hydrogen-bond acceptors (Lipinski definition) is 5. The van der Waals surface area contributed by atoms with Crippen molar-refractivity contribution in [3.63, 3.8) is 0 Å². The van der Waals surface area contributed by atoms with E-state index >= 15 is 0 Å². The largest absolute Gasteiger partial charge is 0.391 e. The summed E-state index contributed by atoms with van der Waals surface area (Å²) in [5, 5.41) is 12.9. The van der Waals surface area contributed by atoms with Gasteiger partial charge in [-0.3, -0.25) is 13.9 Å². The number of rotatable bonds is 8. The van der Waals surface area contributed by atoms with Gasteiger partial charge in [0.15, 0.2) is 0 Å². The van der Waals surface area contributed by atoms with Gasteiger partial charge in [0.1, 0.15) is 6.54 Å². The zero-order chi connectivity index (χ0) is 26.7. The van der Waals surface area contributed by atoms with Crippen LogP contribution in [0.15, 0.2) is 71.6 Å². The minimum Gasteiger partial charge on any atom is -0.391 e. The SMILES string of the molecule is Cc1ccc(S(=O)(=O)N(CC(=O)NCc2ccc(N3CC(O)CC3=O)cc2)c2cccc(Cl)c2C)cc1. The maximum atomic E-state index is 13.6. The Bertz CT molecular complexity index is 1410. The summed E-state index contributed by atoms with van der Waals surface area (Å²) in [5.41, 5.74) is 3.23. The minimum absolute atomic E-state index is 0.0717. The molecule has 1 aliphatic rings. The third kappa shape index (κ3) is 5.95. The van der Waals surface area contributed by atoms with Crippen molar-refractivity contribution < 1.29 is 23.1 Å². The number of benzene rings is 3. The van der Waals surface area contributed by atoms with E-state index < -0.39 is 28.6 Å².